The summed E-state index contributed by atoms with van der Waals surface area (Å²) in [7, 11) is 0. The van der Waals surface area contributed by atoms with Crippen LogP contribution in [0, 0.1) is 5.92 Å². The van der Waals surface area contributed by atoms with Crippen molar-refractivity contribution in [2.24, 2.45) is 5.92 Å². The highest BCUT2D eigenvalue weighted by Crippen LogP contribution is 2.27. The van der Waals surface area contributed by atoms with Gasteiger partial charge in [0.25, 0.3) is 0 Å². The van der Waals surface area contributed by atoms with Gasteiger partial charge in [0.2, 0.25) is 0 Å². The summed E-state index contributed by atoms with van der Waals surface area (Å²) in [5.74, 6) is 0.434. The molecule has 1 fully saturated rings. The third-order valence-corrected chi connectivity index (χ3v) is 4.57. The Morgan fingerprint density at radius 3 is 2.86 bits per heavy atom. The maximum atomic E-state index is 10.4. The average Bonchev–Trinajstić information content (AvgIpc) is 2.97. The fraction of sp³-hybridized carbons (Fsp3) is 0.500. The van der Waals surface area contributed by atoms with E-state index in [0.717, 1.165) is 29.1 Å². The van der Waals surface area contributed by atoms with E-state index in [2.05, 4.69) is 11.0 Å². The highest BCUT2D eigenvalue weighted by atomic mass is 35.5. The van der Waals surface area contributed by atoms with Crippen molar-refractivity contribution in [1.29, 1.82) is 0 Å². The number of hydrogen-bond acceptors (Lipinski definition) is 4. The molecule has 1 aromatic rings. The van der Waals surface area contributed by atoms with Crippen molar-refractivity contribution in [2.45, 2.75) is 38.2 Å². The van der Waals surface area contributed by atoms with Gasteiger partial charge < -0.3 is 10.5 Å². The first-order valence-electron chi connectivity index (χ1n) is 7.66. The Kier molecular flexibility index (Phi) is 4.68. The van der Waals surface area contributed by atoms with Crippen molar-refractivity contribution in [1.82, 2.24) is 16.0 Å². The highest BCUT2D eigenvalue weighted by Gasteiger charge is 2.24. The highest BCUT2D eigenvalue weighted by molar-refractivity contribution is 6.30. The van der Waals surface area contributed by atoms with Gasteiger partial charge >= 0.3 is 0 Å². The predicted octanol–water partition coefficient (Wildman–Crippen LogP) is 2.90. The minimum Gasteiger partial charge on any atom is -0.391 e. The largest absolute Gasteiger partial charge is 0.391 e. The molecular formula is C16H22ClN3O. The second-order valence-corrected chi connectivity index (χ2v) is 6.34. The van der Waals surface area contributed by atoms with E-state index < -0.39 is 0 Å². The van der Waals surface area contributed by atoms with Gasteiger partial charge in [-0.3, -0.25) is 5.01 Å². The normalized spacial score (nSPS) is 21.0. The van der Waals surface area contributed by atoms with Crippen LogP contribution in [0.3, 0.4) is 0 Å². The van der Waals surface area contributed by atoms with Crippen LogP contribution in [0.1, 0.15) is 37.7 Å². The number of β-amino-alcohol motifs (C(OH)–C–C–N with tert-alkyl or cyclic N) is 1. The van der Waals surface area contributed by atoms with E-state index in [4.69, 9.17) is 11.6 Å². The van der Waals surface area contributed by atoms with Gasteiger partial charge in [-0.2, -0.15) is 0 Å². The Bertz CT molecular complexity index is 514. The number of aliphatic hydroxyl groups excluding tert-OH is 1. The average molecular weight is 308 g/mol. The molecule has 0 aromatic heterocycles. The molecule has 5 heteroatoms. The molecule has 1 saturated carbocycles. The first-order valence-corrected chi connectivity index (χ1v) is 8.04. The van der Waals surface area contributed by atoms with E-state index >= 15 is 0 Å². The molecule has 3 N–H and O–H groups in total. The van der Waals surface area contributed by atoms with Crippen molar-refractivity contribution >= 4 is 17.3 Å². The lowest BCUT2D eigenvalue weighted by Crippen LogP contribution is -2.42. The lowest BCUT2D eigenvalue weighted by Gasteiger charge is -2.29. The number of rotatable bonds is 4. The molecule has 3 rings (SSSR count). The minimum atomic E-state index is -0.283. The monoisotopic (exact) mass is 307 g/mol. The topological polar surface area (TPSA) is 47.5 Å². The van der Waals surface area contributed by atoms with E-state index in [9.17, 15) is 5.11 Å². The number of nitrogens with one attached hydrogen (secondary N) is 2. The minimum absolute atomic E-state index is 0.283. The molecule has 1 heterocycles. The third-order valence-electron chi connectivity index (χ3n) is 4.33. The second kappa shape index (κ2) is 6.69. The molecule has 1 aliphatic carbocycles. The Balaban J connectivity index is 1.60. The standard InChI is InChI=1S/C16H22ClN3O/c17-14-8-4-7-13(9-14)15-10-20(19-18-15)11-16(21)12-5-2-1-3-6-12/h4,7-10,12,16,18-19,21H,1-3,5-6,11H2. The van der Waals surface area contributed by atoms with Crippen LogP contribution in [0.2, 0.25) is 5.02 Å². The van der Waals surface area contributed by atoms with Gasteiger partial charge in [0.15, 0.2) is 0 Å². The van der Waals surface area contributed by atoms with E-state index in [1.54, 1.807) is 0 Å². The Morgan fingerprint density at radius 1 is 1.29 bits per heavy atom. The quantitative estimate of drug-likeness (QED) is 0.800. The van der Waals surface area contributed by atoms with Crippen molar-refractivity contribution in [3.63, 3.8) is 0 Å². The Hall–Kier alpha value is -1.23. The summed E-state index contributed by atoms with van der Waals surface area (Å²) in [6.45, 7) is 0.599. The van der Waals surface area contributed by atoms with Gasteiger partial charge in [0, 0.05) is 16.8 Å². The lowest BCUT2D eigenvalue weighted by atomic mass is 9.85. The number of aliphatic hydroxyl groups is 1. The van der Waals surface area contributed by atoms with Gasteiger partial charge in [0.1, 0.15) is 0 Å². The fourth-order valence-electron chi connectivity index (χ4n) is 3.12. The zero-order chi connectivity index (χ0) is 14.7. The smallest absolute Gasteiger partial charge is 0.0759 e. The van der Waals surface area contributed by atoms with Crippen LogP contribution in [0.4, 0.5) is 0 Å². The molecule has 1 unspecified atom stereocenters. The Morgan fingerprint density at radius 2 is 2.10 bits per heavy atom. The van der Waals surface area contributed by atoms with Gasteiger partial charge in [-0.25, -0.2) is 0 Å². The number of hydrogen-bond donors (Lipinski definition) is 3. The molecule has 0 amide bonds. The van der Waals surface area contributed by atoms with Crippen molar-refractivity contribution in [2.75, 3.05) is 6.54 Å². The summed E-state index contributed by atoms with van der Waals surface area (Å²) in [6, 6.07) is 7.72. The number of halogens is 1. The van der Waals surface area contributed by atoms with Crippen molar-refractivity contribution in [3.05, 3.63) is 41.1 Å². The van der Waals surface area contributed by atoms with Crippen LogP contribution in [0.25, 0.3) is 5.70 Å². The summed E-state index contributed by atoms with van der Waals surface area (Å²) in [6.07, 6.45) is 7.80. The summed E-state index contributed by atoms with van der Waals surface area (Å²) < 4.78 is 0. The van der Waals surface area contributed by atoms with Gasteiger partial charge in [-0.15, -0.1) is 5.53 Å². The molecule has 2 aliphatic rings. The number of nitrogens with zero attached hydrogens (tertiary/aromatic N) is 1. The molecule has 0 bridgehead atoms. The second-order valence-electron chi connectivity index (χ2n) is 5.91. The summed E-state index contributed by atoms with van der Waals surface area (Å²) in [4.78, 5) is 0. The molecule has 0 saturated heterocycles. The molecule has 1 aliphatic heterocycles. The van der Waals surface area contributed by atoms with E-state index in [1.165, 1.54) is 19.3 Å². The Labute approximate surface area is 130 Å². The molecular weight excluding hydrogens is 286 g/mol. The molecule has 21 heavy (non-hydrogen) atoms. The molecule has 0 spiro atoms. The first-order chi connectivity index (χ1) is 10.2. The van der Waals surface area contributed by atoms with E-state index in [0.29, 0.717) is 12.5 Å². The van der Waals surface area contributed by atoms with Crippen LogP contribution < -0.4 is 11.0 Å². The maximum absolute atomic E-state index is 10.4. The summed E-state index contributed by atoms with van der Waals surface area (Å²) in [5, 5.41) is 13.0. The summed E-state index contributed by atoms with van der Waals surface area (Å²) in [5.41, 5.74) is 8.21. The van der Waals surface area contributed by atoms with Crippen LogP contribution in [-0.2, 0) is 0 Å². The van der Waals surface area contributed by atoms with Crippen molar-refractivity contribution in [3.8, 4) is 0 Å². The van der Waals surface area contributed by atoms with Crippen molar-refractivity contribution < 1.29 is 5.11 Å². The molecule has 4 nitrogen and oxygen atoms in total. The maximum Gasteiger partial charge on any atom is 0.0759 e. The first kappa shape index (κ1) is 14.7. The van der Waals surface area contributed by atoms with Gasteiger partial charge in [-0.05, 0) is 30.9 Å². The predicted molar refractivity (Wildman–Crippen MR) is 85.0 cm³/mol. The zero-order valence-electron chi connectivity index (χ0n) is 12.1. The van der Waals surface area contributed by atoms with Crippen LogP contribution >= 0.6 is 11.6 Å². The van der Waals surface area contributed by atoms with Gasteiger partial charge in [-0.1, -0.05) is 43.0 Å². The van der Waals surface area contributed by atoms with E-state index in [1.807, 2.05) is 35.5 Å². The van der Waals surface area contributed by atoms with Crippen LogP contribution in [0.5, 0.6) is 0 Å². The molecule has 0 radical (unpaired) electrons. The van der Waals surface area contributed by atoms with Crippen LogP contribution in [0.15, 0.2) is 30.5 Å². The SMILES string of the molecule is OC(CN1C=C(c2cccc(Cl)c2)NN1)C1CCCCC1. The third kappa shape index (κ3) is 3.70. The molecule has 1 aromatic carbocycles. The summed E-state index contributed by atoms with van der Waals surface area (Å²) >= 11 is 6.02. The molecule has 114 valence electrons. The van der Waals surface area contributed by atoms with Gasteiger partial charge in [0.05, 0.1) is 18.3 Å². The van der Waals surface area contributed by atoms with E-state index in [-0.39, 0.29) is 6.10 Å². The number of benzene rings is 1. The van der Waals surface area contributed by atoms with Crippen LogP contribution in [-0.4, -0.2) is 22.8 Å². The number of hydrazine groups is 2. The zero-order valence-corrected chi connectivity index (χ0v) is 12.8. The molecule has 1 atom stereocenters. The fourth-order valence-corrected chi connectivity index (χ4v) is 3.31. The lowest BCUT2D eigenvalue weighted by molar-refractivity contribution is 0.0482.